The summed E-state index contributed by atoms with van der Waals surface area (Å²) in [7, 11) is 1.61. The van der Waals surface area contributed by atoms with Gasteiger partial charge in [0, 0.05) is 37.6 Å². The lowest BCUT2D eigenvalue weighted by Gasteiger charge is -2.36. The SMILES string of the molecule is COc1cccc(NC(=O)N2CCN(Cc3ccccc3)c3ncccc32)c1. The number of rotatable bonds is 4. The fraction of sp³-hybridized carbons (Fsp3) is 0.182. The number of carbonyl (C=O) groups excluding carboxylic acids is 1. The van der Waals surface area contributed by atoms with Crippen LogP contribution in [0.1, 0.15) is 5.56 Å². The van der Waals surface area contributed by atoms with Gasteiger partial charge < -0.3 is 15.0 Å². The zero-order valence-corrected chi connectivity index (χ0v) is 15.7. The molecule has 142 valence electrons. The van der Waals surface area contributed by atoms with Crippen LogP contribution in [0.4, 0.5) is 22.0 Å². The van der Waals surface area contributed by atoms with E-state index < -0.39 is 0 Å². The van der Waals surface area contributed by atoms with Crippen molar-refractivity contribution < 1.29 is 9.53 Å². The summed E-state index contributed by atoms with van der Waals surface area (Å²) in [4.78, 5) is 21.4. The van der Waals surface area contributed by atoms with Crippen LogP contribution in [0.25, 0.3) is 0 Å². The molecule has 0 radical (unpaired) electrons. The Morgan fingerprint density at radius 2 is 1.93 bits per heavy atom. The highest BCUT2D eigenvalue weighted by atomic mass is 16.5. The molecule has 0 bridgehead atoms. The maximum atomic E-state index is 12.9. The van der Waals surface area contributed by atoms with Gasteiger partial charge in [-0.05, 0) is 29.8 Å². The zero-order chi connectivity index (χ0) is 19.3. The fourth-order valence-corrected chi connectivity index (χ4v) is 3.35. The Bertz CT molecular complexity index is 962. The zero-order valence-electron chi connectivity index (χ0n) is 15.7. The lowest BCUT2D eigenvalue weighted by atomic mass is 10.2. The van der Waals surface area contributed by atoms with Gasteiger partial charge in [-0.1, -0.05) is 36.4 Å². The Hall–Kier alpha value is -3.54. The van der Waals surface area contributed by atoms with E-state index in [0.29, 0.717) is 24.5 Å². The molecule has 1 aliphatic heterocycles. The van der Waals surface area contributed by atoms with Crippen LogP contribution in [0, 0.1) is 0 Å². The predicted molar refractivity (Wildman–Crippen MR) is 111 cm³/mol. The highest BCUT2D eigenvalue weighted by Crippen LogP contribution is 2.32. The number of hydrogen-bond acceptors (Lipinski definition) is 4. The molecular formula is C22H22N4O2. The Kier molecular flexibility index (Phi) is 5.10. The van der Waals surface area contributed by atoms with Gasteiger partial charge in [-0.3, -0.25) is 4.90 Å². The van der Waals surface area contributed by atoms with E-state index in [0.717, 1.165) is 18.1 Å². The number of pyridine rings is 1. The Morgan fingerprint density at radius 3 is 2.75 bits per heavy atom. The molecule has 0 spiro atoms. The predicted octanol–water partition coefficient (Wildman–Crippen LogP) is 4.15. The van der Waals surface area contributed by atoms with Crippen molar-refractivity contribution in [1.82, 2.24) is 4.98 Å². The molecule has 1 aromatic heterocycles. The van der Waals surface area contributed by atoms with Gasteiger partial charge in [-0.25, -0.2) is 9.78 Å². The summed E-state index contributed by atoms with van der Waals surface area (Å²) in [5, 5.41) is 2.95. The van der Waals surface area contributed by atoms with Gasteiger partial charge >= 0.3 is 6.03 Å². The second-order valence-corrected chi connectivity index (χ2v) is 6.57. The summed E-state index contributed by atoms with van der Waals surface area (Å²) in [5.74, 6) is 1.52. The van der Waals surface area contributed by atoms with E-state index in [1.165, 1.54) is 5.56 Å². The molecule has 1 aliphatic rings. The van der Waals surface area contributed by atoms with Crippen molar-refractivity contribution in [1.29, 1.82) is 0 Å². The first-order chi connectivity index (χ1) is 13.7. The number of aromatic nitrogens is 1. The van der Waals surface area contributed by atoms with Crippen molar-refractivity contribution in [2.45, 2.75) is 6.54 Å². The van der Waals surface area contributed by atoms with Crippen molar-refractivity contribution in [3.05, 3.63) is 78.5 Å². The molecule has 0 aliphatic carbocycles. The quantitative estimate of drug-likeness (QED) is 0.745. The average molecular weight is 374 g/mol. The van der Waals surface area contributed by atoms with Gasteiger partial charge in [0.05, 0.1) is 12.8 Å². The van der Waals surface area contributed by atoms with Crippen LogP contribution in [0.15, 0.2) is 72.9 Å². The molecule has 0 fully saturated rings. The largest absolute Gasteiger partial charge is 0.497 e. The van der Waals surface area contributed by atoms with Gasteiger partial charge in [0.15, 0.2) is 5.82 Å². The molecule has 2 aromatic carbocycles. The van der Waals surface area contributed by atoms with E-state index in [2.05, 4.69) is 27.3 Å². The molecule has 28 heavy (non-hydrogen) atoms. The summed E-state index contributed by atoms with van der Waals surface area (Å²) >= 11 is 0. The molecular weight excluding hydrogens is 352 g/mol. The van der Waals surface area contributed by atoms with E-state index in [9.17, 15) is 4.79 Å². The highest BCUT2D eigenvalue weighted by molar-refractivity contribution is 6.04. The third-order valence-electron chi connectivity index (χ3n) is 4.73. The van der Waals surface area contributed by atoms with Gasteiger partial charge in [-0.15, -0.1) is 0 Å². The van der Waals surface area contributed by atoms with Crippen molar-refractivity contribution in [2.75, 3.05) is 35.3 Å². The molecule has 1 N–H and O–H groups in total. The molecule has 2 heterocycles. The standard InChI is InChI=1S/C22H22N4O2/c1-28-19-10-5-9-18(15-19)24-22(27)26-14-13-25(16-17-7-3-2-4-8-17)21-20(26)11-6-12-23-21/h2-12,15H,13-14,16H2,1H3,(H,24,27). The Labute approximate surface area is 164 Å². The number of nitrogens with one attached hydrogen (secondary N) is 1. The van der Waals surface area contributed by atoms with Crippen molar-refractivity contribution in [2.24, 2.45) is 0 Å². The van der Waals surface area contributed by atoms with E-state index >= 15 is 0 Å². The summed E-state index contributed by atoms with van der Waals surface area (Å²) in [6.07, 6.45) is 1.76. The third kappa shape index (κ3) is 3.76. The van der Waals surface area contributed by atoms with Crippen LogP contribution in [-0.2, 0) is 6.54 Å². The first kappa shape index (κ1) is 17.9. The van der Waals surface area contributed by atoms with Gasteiger partial charge in [0.1, 0.15) is 5.75 Å². The van der Waals surface area contributed by atoms with Crippen molar-refractivity contribution in [3.63, 3.8) is 0 Å². The third-order valence-corrected chi connectivity index (χ3v) is 4.73. The number of hydrogen-bond donors (Lipinski definition) is 1. The lowest BCUT2D eigenvalue weighted by Crippen LogP contribution is -2.46. The molecule has 0 saturated carbocycles. The minimum atomic E-state index is -0.179. The smallest absolute Gasteiger partial charge is 0.326 e. The number of nitrogens with zero attached hydrogens (tertiary/aromatic N) is 3. The molecule has 2 amide bonds. The van der Waals surface area contributed by atoms with Crippen LogP contribution >= 0.6 is 0 Å². The fourth-order valence-electron chi connectivity index (χ4n) is 3.35. The number of amides is 2. The summed E-state index contributed by atoms with van der Waals surface area (Å²) in [5.41, 5.74) is 2.72. The topological polar surface area (TPSA) is 57.7 Å². The average Bonchev–Trinajstić information content (AvgIpc) is 2.75. The first-order valence-corrected chi connectivity index (χ1v) is 9.21. The van der Waals surface area contributed by atoms with Crippen LogP contribution in [0.5, 0.6) is 5.75 Å². The number of anilines is 3. The van der Waals surface area contributed by atoms with Gasteiger partial charge in [0.25, 0.3) is 0 Å². The van der Waals surface area contributed by atoms with Crippen LogP contribution in [-0.4, -0.2) is 31.2 Å². The molecule has 6 nitrogen and oxygen atoms in total. The maximum absolute atomic E-state index is 12.9. The number of carbonyl (C=O) groups is 1. The summed E-state index contributed by atoms with van der Waals surface area (Å²) in [6, 6.07) is 21.2. The van der Waals surface area contributed by atoms with E-state index in [1.807, 2.05) is 48.5 Å². The summed E-state index contributed by atoms with van der Waals surface area (Å²) in [6.45, 7) is 2.06. The van der Waals surface area contributed by atoms with Gasteiger partial charge in [-0.2, -0.15) is 0 Å². The summed E-state index contributed by atoms with van der Waals surface area (Å²) < 4.78 is 5.23. The van der Waals surface area contributed by atoms with E-state index in [-0.39, 0.29) is 6.03 Å². The monoisotopic (exact) mass is 374 g/mol. The Balaban J connectivity index is 1.55. The molecule has 0 saturated heterocycles. The van der Waals surface area contributed by atoms with Crippen LogP contribution in [0.2, 0.25) is 0 Å². The number of urea groups is 1. The first-order valence-electron chi connectivity index (χ1n) is 9.21. The number of ether oxygens (including phenoxy) is 1. The normalized spacial score (nSPS) is 13.0. The number of benzene rings is 2. The van der Waals surface area contributed by atoms with E-state index in [1.54, 1.807) is 24.3 Å². The van der Waals surface area contributed by atoms with Crippen molar-refractivity contribution in [3.8, 4) is 5.75 Å². The van der Waals surface area contributed by atoms with Crippen LogP contribution in [0.3, 0.4) is 0 Å². The second kappa shape index (κ2) is 8.00. The second-order valence-electron chi connectivity index (χ2n) is 6.57. The van der Waals surface area contributed by atoms with Crippen LogP contribution < -0.4 is 19.9 Å². The molecule has 6 heteroatoms. The number of methoxy groups -OCH3 is 1. The molecule has 4 rings (SSSR count). The minimum Gasteiger partial charge on any atom is -0.497 e. The number of fused-ring (bicyclic) bond motifs is 1. The molecule has 3 aromatic rings. The minimum absolute atomic E-state index is 0.179. The van der Waals surface area contributed by atoms with Crippen molar-refractivity contribution >= 4 is 23.2 Å². The van der Waals surface area contributed by atoms with E-state index in [4.69, 9.17) is 4.74 Å². The maximum Gasteiger partial charge on any atom is 0.326 e. The highest BCUT2D eigenvalue weighted by Gasteiger charge is 2.27. The lowest BCUT2D eigenvalue weighted by molar-refractivity contribution is 0.256. The molecule has 0 atom stereocenters. The molecule has 0 unspecified atom stereocenters. The Morgan fingerprint density at radius 1 is 1.07 bits per heavy atom. The van der Waals surface area contributed by atoms with Gasteiger partial charge in [0.2, 0.25) is 0 Å².